The molecule has 2 aliphatic rings. The molecule has 1 aromatic rings. The van der Waals surface area contributed by atoms with E-state index in [1.165, 1.54) is 45.3 Å². The summed E-state index contributed by atoms with van der Waals surface area (Å²) in [4.78, 5) is 2.52. The summed E-state index contributed by atoms with van der Waals surface area (Å²) in [5.74, 6) is 1.62. The summed E-state index contributed by atoms with van der Waals surface area (Å²) in [6.45, 7) is 4.96. The van der Waals surface area contributed by atoms with Crippen LogP contribution in [0, 0.1) is 5.92 Å². The van der Waals surface area contributed by atoms with Crippen LogP contribution in [0.3, 0.4) is 0 Å². The van der Waals surface area contributed by atoms with Gasteiger partial charge in [-0.1, -0.05) is 5.16 Å². The molecule has 0 aliphatic carbocycles. The van der Waals surface area contributed by atoms with Crippen molar-refractivity contribution in [3.05, 3.63) is 17.5 Å². The van der Waals surface area contributed by atoms with Crippen LogP contribution in [-0.2, 0) is 17.9 Å². The van der Waals surface area contributed by atoms with Gasteiger partial charge in [0.25, 0.3) is 0 Å². The number of rotatable bonds is 5. The summed E-state index contributed by atoms with van der Waals surface area (Å²) in [5, 5.41) is 7.79. The van der Waals surface area contributed by atoms with Gasteiger partial charge >= 0.3 is 0 Å². The van der Waals surface area contributed by atoms with E-state index in [4.69, 9.17) is 9.26 Å². The second kappa shape index (κ2) is 6.70. The Kier molecular flexibility index (Phi) is 4.70. The van der Waals surface area contributed by atoms with Gasteiger partial charge in [-0.25, -0.2) is 0 Å². The largest absolute Gasteiger partial charge is 0.377 e. The molecule has 3 rings (SSSR count). The van der Waals surface area contributed by atoms with E-state index in [9.17, 15) is 0 Å². The summed E-state index contributed by atoms with van der Waals surface area (Å²) < 4.78 is 10.3. The average molecular weight is 279 g/mol. The molecule has 112 valence electrons. The normalized spacial score (nSPS) is 28.1. The first-order valence-corrected chi connectivity index (χ1v) is 7.74. The van der Waals surface area contributed by atoms with Gasteiger partial charge in [0.05, 0.1) is 5.69 Å². The van der Waals surface area contributed by atoms with Crippen molar-refractivity contribution < 1.29 is 9.26 Å². The van der Waals surface area contributed by atoms with Crippen LogP contribution in [0.15, 0.2) is 10.6 Å². The number of piperidine rings is 1. The Balaban J connectivity index is 1.53. The molecule has 2 fully saturated rings. The Morgan fingerprint density at radius 3 is 3.20 bits per heavy atom. The SMILES string of the molecule is COCc1cc(CN2CCCC(C3CCCN3)C2)no1. The molecule has 2 atom stereocenters. The average Bonchev–Trinajstić information content (AvgIpc) is 3.11. The fourth-order valence-corrected chi connectivity index (χ4v) is 3.55. The summed E-state index contributed by atoms with van der Waals surface area (Å²) in [6.07, 6.45) is 5.35. The first-order chi connectivity index (χ1) is 9.85. The third-order valence-corrected chi connectivity index (χ3v) is 4.49. The molecule has 2 unspecified atom stereocenters. The molecule has 0 spiro atoms. The number of hydrogen-bond donors (Lipinski definition) is 1. The van der Waals surface area contributed by atoms with Crippen molar-refractivity contribution in [1.29, 1.82) is 0 Å². The molecule has 20 heavy (non-hydrogen) atoms. The molecular formula is C15H25N3O2. The van der Waals surface area contributed by atoms with E-state index >= 15 is 0 Å². The molecule has 3 heterocycles. The minimum atomic E-state index is 0.502. The lowest BCUT2D eigenvalue weighted by Gasteiger charge is -2.35. The lowest BCUT2D eigenvalue weighted by molar-refractivity contribution is 0.141. The maximum atomic E-state index is 5.26. The van der Waals surface area contributed by atoms with Crippen LogP contribution in [-0.4, -0.2) is 42.8 Å². The third kappa shape index (κ3) is 3.40. The standard InChI is InChI=1S/C15H25N3O2/c1-19-11-14-8-13(17-20-14)10-18-7-3-4-12(9-18)15-5-2-6-16-15/h8,12,15-16H,2-7,9-11H2,1H3. The van der Waals surface area contributed by atoms with E-state index in [1.54, 1.807) is 7.11 Å². The topological polar surface area (TPSA) is 50.5 Å². The molecule has 0 amide bonds. The molecule has 0 bridgehead atoms. The first-order valence-electron chi connectivity index (χ1n) is 7.74. The summed E-state index contributed by atoms with van der Waals surface area (Å²) in [6, 6.07) is 2.75. The fraction of sp³-hybridized carbons (Fsp3) is 0.800. The predicted molar refractivity (Wildman–Crippen MR) is 76.2 cm³/mol. The van der Waals surface area contributed by atoms with Crippen molar-refractivity contribution in [1.82, 2.24) is 15.4 Å². The lowest BCUT2D eigenvalue weighted by Crippen LogP contribution is -2.43. The van der Waals surface area contributed by atoms with E-state index in [0.29, 0.717) is 6.61 Å². The Hall–Kier alpha value is -0.910. The quantitative estimate of drug-likeness (QED) is 0.890. The van der Waals surface area contributed by atoms with Crippen LogP contribution in [0.5, 0.6) is 0 Å². The van der Waals surface area contributed by atoms with Gasteiger partial charge < -0.3 is 14.6 Å². The number of hydrogen-bond acceptors (Lipinski definition) is 5. The second-order valence-corrected chi connectivity index (χ2v) is 6.06. The molecular weight excluding hydrogens is 254 g/mol. The highest BCUT2D eigenvalue weighted by atomic mass is 16.5. The zero-order chi connectivity index (χ0) is 13.8. The predicted octanol–water partition coefficient (Wildman–Crippen LogP) is 1.78. The number of ether oxygens (including phenoxy) is 1. The number of nitrogens with one attached hydrogen (secondary N) is 1. The Bertz CT molecular complexity index is 415. The van der Waals surface area contributed by atoms with E-state index < -0.39 is 0 Å². The third-order valence-electron chi connectivity index (χ3n) is 4.49. The maximum Gasteiger partial charge on any atom is 0.162 e. The lowest BCUT2D eigenvalue weighted by atomic mass is 9.90. The van der Waals surface area contributed by atoms with Gasteiger partial charge in [0.15, 0.2) is 5.76 Å². The van der Waals surface area contributed by atoms with E-state index in [2.05, 4.69) is 15.4 Å². The molecule has 5 nitrogen and oxygen atoms in total. The Morgan fingerprint density at radius 1 is 1.45 bits per heavy atom. The van der Waals surface area contributed by atoms with E-state index in [1.807, 2.05) is 6.07 Å². The second-order valence-electron chi connectivity index (χ2n) is 6.06. The van der Waals surface area contributed by atoms with Crippen molar-refractivity contribution in [3.63, 3.8) is 0 Å². The summed E-state index contributed by atoms with van der Waals surface area (Å²) in [7, 11) is 1.67. The van der Waals surface area contributed by atoms with Crippen LogP contribution < -0.4 is 5.32 Å². The van der Waals surface area contributed by atoms with Gasteiger partial charge in [-0.2, -0.15) is 0 Å². The number of aromatic nitrogens is 1. The van der Waals surface area contributed by atoms with Gasteiger partial charge in [0, 0.05) is 32.3 Å². The maximum absolute atomic E-state index is 5.26. The fourth-order valence-electron chi connectivity index (χ4n) is 3.55. The molecule has 2 aliphatic heterocycles. The summed E-state index contributed by atoms with van der Waals surface area (Å²) >= 11 is 0. The van der Waals surface area contributed by atoms with Gasteiger partial charge in [0.1, 0.15) is 6.61 Å². The minimum Gasteiger partial charge on any atom is -0.377 e. The molecule has 0 aromatic carbocycles. The minimum absolute atomic E-state index is 0.502. The zero-order valence-electron chi connectivity index (χ0n) is 12.3. The van der Waals surface area contributed by atoms with Crippen LogP contribution in [0.25, 0.3) is 0 Å². The van der Waals surface area contributed by atoms with Gasteiger partial charge in [-0.15, -0.1) is 0 Å². The van der Waals surface area contributed by atoms with Crippen LogP contribution >= 0.6 is 0 Å². The van der Waals surface area contributed by atoms with Crippen molar-refractivity contribution in [2.24, 2.45) is 5.92 Å². The van der Waals surface area contributed by atoms with E-state index in [-0.39, 0.29) is 0 Å². The van der Waals surface area contributed by atoms with Gasteiger partial charge in [0.2, 0.25) is 0 Å². The zero-order valence-corrected chi connectivity index (χ0v) is 12.3. The van der Waals surface area contributed by atoms with Crippen LogP contribution in [0.4, 0.5) is 0 Å². The summed E-state index contributed by atoms with van der Waals surface area (Å²) in [5.41, 5.74) is 1.03. The van der Waals surface area contributed by atoms with Crippen molar-refractivity contribution in [2.75, 3.05) is 26.7 Å². The Morgan fingerprint density at radius 2 is 2.40 bits per heavy atom. The van der Waals surface area contributed by atoms with Crippen molar-refractivity contribution >= 4 is 0 Å². The highest BCUT2D eigenvalue weighted by Gasteiger charge is 2.29. The molecule has 0 saturated carbocycles. The monoisotopic (exact) mass is 279 g/mol. The van der Waals surface area contributed by atoms with Crippen molar-refractivity contribution in [2.45, 2.75) is 44.9 Å². The van der Waals surface area contributed by atoms with Gasteiger partial charge in [-0.3, -0.25) is 4.90 Å². The highest BCUT2D eigenvalue weighted by molar-refractivity contribution is 5.04. The number of methoxy groups -OCH3 is 1. The molecule has 2 saturated heterocycles. The first kappa shape index (κ1) is 14.0. The molecule has 1 N–H and O–H groups in total. The van der Waals surface area contributed by atoms with E-state index in [0.717, 1.165) is 30.0 Å². The number of likely N-dealkylation sites (tertiary alicyclic amines) is 1. The number of nitrogens with zero attached hydrogens (tertiary/aromatic N) is 2. The van der Waals surface area contributed by atoms with Crippen LogP contribution in [0.1, 0.15) is 37.1 Å². The van der Waals surface area contributed by atoms with Crippen molar-refractivity contribution in [3.8, 4) is 0 Å². The molecule has 1 aromatic heterocycles. The van der Waals surface area contributed by atoms with Gasteiger partial charge in [-0.05, 0) is 44.7 Å². The molecule has 5 heteroatoms. The molecule has 0 radical (unpaired) electrons. The van der Waals surface area contributed by atoms with Crippen LogP contribution in [0.2, 0.25) is 0 Å². The smallest absolute Gasteiger partial charge is 0.162 e. The highest BCUT2D eigenvalue weighted by Crippen LogP contribution is 2.25. The Labute approximate surface area is 120 Å².